The molecule has 2 N–H and O–H groups in total. The number of amides is 1. The Bertz CT molecular complexity index is 1630. The first kappa shape index (κ1) is 24.0. The lowest BCUT2D eigenvalue weighted by Gasteiger charge is -2.13. The number of aromatic nitrogens is 3. The van der Waals surface area contributed by atoms with Gasteiger partial charge in [-0.25, -0.2) is 9.97 Å². The molecule has 0 unspecified atom stereocenters. The van der Waals surface area contributed by atoms with E-state index in [2.05, 4.69) is 53.1 Å². The van der Waals surface area contributed by atoms with Crippen LogP contribution in [0.1, 0.15) is 37.0 Å². The summed E-state index contributed by atoms with van der Waals surface area (Å²) in [5, 5.41) is 8.78. The number of rotatable bonds is 8. The molecule has 7 heteroatoms. The molecule has 0 bridgehead atoms. The molecule has 3 aromatic carbocycles. The van der Waals surface area contributed by atoms with Crippen molar-refractivity contribution in [3.63, 3.8) is 0 Å². The number of ether oxygens (including phenoxy) is 1. The number of carbonyl (C=O) groups excluding carboxylic acids is 1. The Morgan fingerprint density at radius 1 is 1.03 bits per heavy atom. The van der Waals surface area contributed by atoms with Crippen LogP contribution in [0.15, 0.2) is 73.1 Å². The molecule has 1 aliphatic carbocycles. The maximum atomic E-state index is 12.5. The summed E-state index contributed by atoms with van der Waals surface area (Å²) in [6.07, 6.45) is 6.05. The lowest BCUT2D eigenvalue weighted by molar-refractivity contribution is 0.0951. The van der Waals surface area contributed by atoms with E-state index in [4.69, 9.17) is 14.7 Å². The maximum absolute atomic E-state index is 12.5. The van der Waals surface area contributed by atoms with Gasteiger partial charge < -0.3 is 15.4 Å². The van der Waals surface area contributed by atoms with Crippen LogP contribution in [0, 0.1) is 5.92 Å². The van der Waals surface area contributed by atoms with Gasteiger partial charge in [0.25, 0.3) is 5.91 Å². The van der Waals surface area contributed by atoms with E-state index in [9.17, 15) is 4.79 Å². The SMILES string of the molecule is COc1ccc2cc(-c3cn4c(-c5ccc(C(=O)NC6CC6)cc5)cnc4c(NCC(C)C)n3)ccc2c1. The summed E-state index contributed by atoms with van der Waals surface area (Å²) < 4.78 is 7.47. The number of carbonyl (C=O) groups is 1. The quantitative estimate of drug-likeness (QED) is 0.263. The van der Waals surface area contributed by atoms with Crippen LogP contribution in [-0.2, 0) is 0 Å². The summed E-state index contributed by atoms with van der Waals surface area (Å²) in [7, 11) is 1.68. The highest BCUT2D eigenvalue weighted by Crippen LogP contribution is 2.31. The van der Waals surface area contributed by atoms with E-state index >= 15 is 0 Å². The highest BCUT2D eigenvalue weighted by Gasteiger charge is 2.24. The van der Waals surface area contributed by atoms with Crippen molar-refractivity contribution in [1.82, 2.24) is 19.7 Å². The molecule has 192 valence electrons. The predicted octanol–water partition coefficient (Wildman–Crippen LogP) is 6.19. The summed E-state index contributed by atoms with van der Waals surface area (Å²) in [4.78, 5) is 22.2. The summed E-state index contributed by atoms with van der Waals surface area (Å²) in [6.45, 7) is 5.13. The lowest BCUT2D eigenvalue weighted by atomic mass is 10.0. The van der Waals surface area contributed by atoms with Gasteiger partial charge >= 0.3 is 0 Å². The number of benzene rings is 3. The molecule has 38 heavy (non-hydrogen) atoms. The van der Waals surface area contributed by atoms with Gasteiger partial charge in [0, 0.05) is 35.5 Å². The van der Waals surface area contributed by atoms with Crippen LogP contribution in [0.5, 0.6) is 5.75 Å². The van der Waals surface area contributed by atoms with Crippen LogP contribution in [-0.4, -0.2) is 40.0 Å². The first-order valence-electron chi connectivity index (χ1n) is 13.1. The van der Waals surface area contributed by atoms with E-state index in [1.807, 2.05) is 48.8 Å². The van der Waals surface area contributed by atoms with Gasteiger partial charge in [-0.2, -0.15) is 0 Å². The first-order valence-corrected chi connectivity index (χ1v) is 13.1. The maximum Gasteiger partial charge on any atom is 0.251 e. The average molecular weight is 506 g/mol. The molecule has 1 fully saturated rings. The zero-order chi connectivity index (χ0) is 26.2. The van der Waals surface area contributed by atoms with Gasteiger partial charge in [-0.05, 0) is 59.9 Å². The molecule has 0 spiro atoms. The van der Waals surface area contributed by atoms with Crippen molar-refractivity contribution in [3.05, 3.63) is 78.6 Å². The van der Waals surface area contributed by atoms with Crippen molar-refractivity contribution >= 4 is 28.1 Å². The largest absolute Gasteiger partial charge is 0.497 e. The molecule has 2 aromatic heterocycles. The molecule has 1 amide bonds. The van der Waals surface area contributed by atoms with Crippen molar-refractivity contribution in [1.29, 1.82) is 0 Å². The van der Waals surface area contributed by atoms with E-state index in [1.54, 1.807) is 7.11 Å². The number of hydrogen-bond acceptors (Lipinski definition) is 5. The molecule has 0 radical (unpaired) electrons. The fourth-order valence-corrected chi connectivity index (χ4v) is 4.56. The standard InChI is InChI=1S/C31H31N5O2/c1-19(2)16-32-29-30-33-17-28(20-4-6-21(7-5-20)31(37)34-25-11-12-25)36(30)18-27(35-29)24-9-8-23-15-26(38-3)13-10-22(23)14-24/h4-10,13-15,17-19,25H,11-12,16H2,1-3H3,(H,32,35)(H,34,37). The minimum absolute atomic E-state index is 0.0159. The lowest BCUT2D eigenvalue weighted by Crippen LogP contribution is -2.25. The molecule has 1 saturated carbocycles. The Morgan fingerprint density at radius 3 is 2.50 bits per heavy atom. The van der Waals surface area contributed by atoms with Crippen LogP contribution in [0.2, 0.25) is 0 Å². The van der Waals surface area contributed by atoms with Crippen molar-refractivity contribution in [2.24, 2.45) is 5.92 Å². The van der Waals surface area contributed by atoms with E-state index in [0.717, 1.165) is 69.9 Å². The van der Waals surface area contributed by atoms with Gasteiger partial charge in [-0.15, -0.1) is 0 Å². The molecular formula is C31H31N5O2. The second kappa shape index (κ2) is 9.82. The van der Waals surface area contributed by atoms with Crippen molar-refractivity contribution in [3.8, 4) is 28.3 Å². The Kier molecular flexibility index (Phi) is 6.19. The Hall–Kier alpha value is -4.39. The normalized spacial score (nSPS) is 13.3. The summed E-state index contributed by atoms with van der Waals surface area (Å²) in [5.41, 5.74) is 5.23. The van der Waals surface area contributed by atoms with Crippen LogP contribution < -0.4 is 15.4 Å². The molecule has 0 aliphatic heterocycles. The summed E-state index contributed by atoms with van der Waals surface area (Å²) in [6, 6.07) is 20.5. The first-order chi connectivity index (χ1) is 18.5. The molecule has 2 heterocycles. The van der Waals surface area contributed by atoms with E-state index in [0.29, 0.717) is 17.5 Å². The van der Waals surface area contributed by atoms with Gasteiger partial charge in [-0.1, -0.05) is 44.2 Å². The van der Waals surface area contributed by atoms with Gasteiger partial charge in [0.1, 0.15) is 5.75 Å². The highest BCUT2D eigenvalue weighted by molar-refractivity contribution is 5.95. The zero-order valence-electron chi connectivity index (χ0n) is 21.9. The summed E-state index contributed by atoms with van der Waals surface area (Å²) in [5.74, 6) is 2.03. The Morgan fingerprint density at radius 2 is 1.76 bits per heavy atom. The number of anilines is 1. The van der Waals surface area contributed by atoms with Crippen LogP contribution in [0.25, 0.3) is 38.9 Å². The third-order valence-corrected chi connectivity index (χ3v) is 6.87. The Labute approximate surface area is 221 Å². The van der Waals surface area contributed by atoms with E-state index < -0.39 is 0 Å². The highest BCUT2D eigenvalue weighted by atomic mass is 16.5. The van der Waals surface area contributed by atoms with Crippen molar-refractivity contribution in [2.45, 2.75) is 32.7 Å². The van der Waals surface area contributed by atoms with Gasteiger partial charge in [0.15, 0.2) is 11.5 Å². The second-order valence-corrected chi connectivity index (χ2v) is 10.3. The third kappa shape index (κ3) is 4.79. The van der Waals surface area contributed by atoms with Crippen LogP contribution in [0.4, 0.5) is 5.82 Å². The monoisotopic (exact) mass is 505 g/mol. The number of methoxy groups -OCH3 is 1. The zero-order valence-corrected chi connectivity index (χ0v) is 21.9. The average Bonchev–Trinajstić information content (AvgIpc) is 3.65. The molecule has 6 rings (SSSR count). The third-order valence-electron chi connectivity index (χ3n) is 6.87. The Balaban J connectivity index is 1.41. The van der Waals surface area contributed by atoms with Crippen molar-refractivity contribution < 1.29 is 9.53 Å². The number of fused-ring (bicyclic) bond motifs is 2. The van der Waals surface area contributed by atoms with Crippen LogP contribution in [0.3, 0.4) is 0 Å². The number of imidazole rings is 1. The van der Waals surface area contributed by atoms with Gasteiger partial charge in [0.05, 0.1) is 24.7 Å². The minimum atomic E-state index is -0.0159. The molecule has 0 atom stereocenters. The molecule has 1 aliphatic rings. The van der Waals surface area contributed by atoms with Crippen molar-refractivity contribution in [2.75, 3.05) is 19.0 Å². The smallest absolute Gasteiger partial charge is 0.251 e. The topological polar surface area (TPSA) is 80.5 Å². The molecule has 5 aromatic rings. The predicted molar refractivity (Wildman–Crippen MR) is 152 cm³/mol. The van der Waals surface area contributed by atoms with E-state index in [-0.39, 0.29) is 5.91 Å². The van der Waals surface area contributed by atoms with E-state index in [1.165, 1.54) is 0 Å². The number of nitrogens with one attached hydrogen (secondary N) is 2. The number of hydrogen-bond donors (Lipinski definition) is 2. The second-order valence-electron chi connectivity index (χ2n) is 10.3. The fraction of sp³-hybridized carbons (Fsp3) is 0.258. The molecule has 7 nitrogen and oxygen atoms in total. The molecular weight excluding hydrogens is 474 g/mol. The van der Waals surface area contributed by atoms with Gasteiger partial charge in [0.2, 0.25) is 0 Å². The number of nitrogens with zero attached hydrogens (tertiary/aromatic N) is 3. The van der Waals surface area contributed by atoms with Gasteiger partial charge in [-0.3, -0.25) is 9.20 Å². The fourth-order valence-electron chi connectivity index (χ4n) is 4.56. The van der Waals surface area contributed by atoms with Crippen LogP contribution >= 0.6 is 0 Å². The summed E-state index contributed by atoms with van der Waals surface area (Å²) >= 11 is 0. The minimum Gasteiger partial charge on any atom is -0.497 e. The molecule has 0 saturated heterocycles.